The van der Waals surface area contributed by atoms with Crippen molar-refractivity contribution in [2.24, 2.45) is 0 Å². The number of hydrogen-bond donors (Lipinski definition) is 3. The lowest BCUT2D eigenvalue weighted by molar-refractivity contribution is -0.124. The minimum absolute atomic E-state index is 0.0536. The highest BCUT2D eigenvalue weighted by Gasteiger charge is 2.24. The Morgan fingerprint density at radius 2 is 1.91 bits per heavy atom. The van der Waals surface area contributed by atoms with Crippen molar-refractivity contribution in [3.8, 4) is 0 Å². The number of para-hydroxylation sites is 1. The van der Waals surface area contributed by atoms with Crippen LogP contribution in [0.3, 0.4) is 0 Å². The summed E-state index contributed by atoms with van der Waals surface area (Å²) in [6.07, 6.45) is 6.90. The van der Waals surface area contributed by atoms with Crippen molar-refractivity contribution in [3.63, 3.8) is 0 Å². The quantitative estimate of drug-likeness (QED) is 0.274. The van der Waals surface area contributed by atoms with Gasteiger partial charge in [-0.25, -0.2) is 0 Å². The second-order valence-electron chi connectivity index (χ2n) is 8.25. The lowest BCUT2D eigenvalue weighted by Gasteiger charge is -2.14. The third-order valence-electron chi connectivity index (χ3n) is 5.78. The van der Waals surface area contributed by atoms with E-state index in [0.717, 1.165) is 25.2 Å². The molecule has 0 aliphatic carbocycles. The number of hydrogen-bond acceptors (Lipinski definition) is 8. The topological polar surface area (TPSA) is 117 Å². The van der Waals surface area contributed by atoms with E-state index in [9.17, 15) is 9.59 Å². The molecule has 0 radical (unpaired) electrons. The number of amides is 2. The number of nitrogens with zero attached hydrogens (tertiary/aromatic N) is 5. The van der Waals surface area contributed by atoms with Gasteiger partial charge in [0.05, 0.1) is 12.6 Å². The van der Waals surface area contributed by atoms with Gasteiger partial charge in [0.15, 0.2) is 5.65 Å². The van der Waals surface area contributed by atoms with Gasteiger partial charge in [-0.3, -0.25) is 14.9 Å². The molecule has 0 atom stereocenters. The molecule has 3 N–H and O–H groups in total. The second kappa shape index (κ2) is 9.37. The van der Waals surface area contributed by atoms with E-state index in [1.807, 2.05) is 30.3 Å². The fourth-order valence-electron chi connectivity index (χ4n) is 4.12. The van der Waals surface area contributed by atoms with E-state index in [4.69, 9.17) is 0 Å². The lowest BCUT2D eigenvalue weighted by Crippen LogP contribution is -2.22. The monoisotopic (exact) mass is 446 g/mol. The van der Waals surface area contributed by atoms with Gasteiger partial charge >= 0.3 is 0 Å². The van der Waals surface area contributed by atoms with Gasteiger partial charge in [0, 0.05) is 23.4 Å². The van der Waals surface area contributed by atoms with E-state index < -0.39 is 0 Å². The van der Waals surface area contributed by atoms with Gasteiger partial charge in [-0.15, -0.1) is 0 Å². The number of fused-ring (bicyclic) bond motifs is 1. The molecule has 2 aromatic heterocycles. The largest absolute Gasteiger partial charge is 0.354 e. The molecule has 170 valence electrons. The Morgan fingerprint density at radius 3 is 2.67 bits per heavy atom. The fraction of sp³-hybridized carbons (Fsp3) is 0.348. The number of nitrogens with one attached hydrogen (secondary N) is 3. The molecule has 2 amide bonds. The fourth-order valence-corrected chi connectivity index (χ4v) is 4.12. The molecule has 2 aliphatic rings. The first kappa shape index (κ1) is 21.1. The van der Waals surface area contributed by atoms with Gasteiger partial charge in [-0.05, 0) is 57.1 Å². The molecular formula is C23H26N8O2. The summed E-state index contributed by atoms with van der Waals surface area (Å²) in [5, 5.41) is 13.4. The first-order valence-electron chi connectivity index (χ1n) is 11.2. The Bertz CT molecular complexity index is 1200. The number of aromatic nitrogens is 4. The Hall–Kier alpha value is -3.79. The highest BCUT2D eigenvalue weighted by Crippen LogP contribution is 2.22. The summed E-state index contributed by atoms with van der Waals surface area (Å²) in [5.74, 6) is 0.305. The molecule has 0 saturated carbocycles. The van der Waals surface area contributed by atoms with Crippen molar-refractivity contribution in [2.75, 3.05) is 36.8 Å². The molecule has 0 unspecified atom stereocenters. The second-order valence-corrected chi connectivity index (χ2v) is 8.25. The van der Waals surface area contributed by atoms with Crippen LogP contribution in [0.4, 0.5) is 17.6 Å². The summed E-state index contributed by atoms with van der Waals surface area (Å²) in [6.45, 7) is 4.16. The van der Waals surface area contributed by atoms with Crippen molar-refractivity contribution in [2.45, 2.75) is 25.7 Å². The maximum Gasteiger partial charge on any atom is 0.254 e. The number of imide groups is 1. The van der Waals surface area contributed by atoms with E-state index in [1.54, 1.807) is 16.8 Å². The Balaban J connectivity index is 1.42. The van der Waals surface area contributed by atoms with Gasteiger partial charge in [0.25, 0.3) is 5.91 Å². The van der Waals surface area contributed by atoms with E-state index in [0.29, 0.717) is 28.7 Å². The normalized spacial score (nSPS) is 17.8. The van der Waals surface area contributed by atoms with Crippen LogP contribution in [-0.2, 0) is 9.59 Å². The van der Waals surface area contributed by atoms with Crippen LogP contribution in [-0.4, -0.2) is 62.5 Å². The number of carbonyl (C=O) groups is 2. The van der Waals surface area contributed by atoms with Crippen molar-refractivity contribution < 1.29 is 9.59 Å². The van der Waals surface area contributed by atoms with Crippen LogP contribution in [0.1, 0.15) is 31.2 Å². The van der Waals surface area contributed by atoms with Crippen molar-refractivity contribution in [1.82, 2.24) is 29.8 Å². The van der Waals surface area contributed by atoms with Crippen LogP contribution >= 0.6 is 0 Å². The Kier molecular flexibility index (Phi) is 5.99. The first-order valence-corrected chi connectivity index (χ1v) is 11.2. The third kappa shape index (κ3) is 4.85. The van der Waals surface area contributed by atoms with Gasteiger partial charge in [0.2, 0.25) is 17.8 Å². The summed E-state index contributed by atoms with van der Waals surface area (Å²) in [5.41, 5.74) is 2.46. The van der Waals surface area contributed by atoms with E-state index in [-0.39, 0.29) is 18.2 Å². The molecule has 2 fully saturated rings. The molecule has 10 nitrogen and oxygen atoms in total. The van der Waals surface area contributed by atoms with Crippen molar-refractivity contribution >= 4 is 41.1 Å². The van der Waals surface area contributed by atoms with Crippen LogP contribution < -0.4 is 16.0 Å². The molecule has 3 aromatic rings. The average Bonchev–Trinajstić information content (AvgIpc) is 3.54. The van der Waals surface area contributed by atoms with Crippen LogP contribution in [0.15, 0.2) is 42.1 Å². The summed E-state index contributed by atoms with van der Waals surface area (Å²) < 4.78 is 1.60. The zero-order chi connectivity index (χ0) is 22.6. The van der Waals surface area contributed by atoms with Gasteiger partial charge in [-0.1, -0.05) is 18.2 Å². The zero-order valence-electron chi connectivity index (χ0n) is 18.3. The van der Waals surface area contributed by atoms with Crippen LogP contribution in [0.2, 0.25) is 0 Å². The van der Waals surface area contributed by atoms with E-state index in [1.165, 1.54) is 25.9 Å². The van der Waals surface area contributed by atoms with Crippen LogP contribution in [0.25, 0.3) is 11.7 Å². The lowest BCUT2D eigenvalue weighted by atomic mass is 10.1. The summed E-state index contributed by atoms with van der Waals surface area (Å²) >= 11 is 0. The third-order valence-corrected chi connectivity index (χ3v) is 5.78. The van der Waals surface area contributed by atoms with Crippen molar-refractivity contribution in [1.29, 1.82) is 0 Å². The molecule has 2 aliphatic heterocycles. The minimum Gasteiger partial charge on any atom is -0.354 e. The highest BCUT2D eigenvalue weighted by molar-refractivity contribution is 6.15. The smallest absolute Gasteiger partial charge is 0.254 e. The highest BCUT2D eigenvalue weighted by atomic mass is 16.2. The molecular weight excluding hydrogens is 420 g/mol. The number of rotatable bonds is 8. The van der Waals surface area contributed by atoms with Gasteiger partial charge in [0.1, 0.15) is 0 Å². The Morgan fingerprint density at radius 1 is 1.09 bits per heavy atom. The molecule has 33 heavy (non-hydrogen) atoms. The predicted molar refractivity (Wildman–Crippen MR) is 125 cm³/mol. The molecule has 4 heterocycles. The molecule has 0 bridgehead atoms. The predicted octanol–water partition coefficient (Wildman–Crippen LogP) is 2.20. The molecule has 5 rings (SSSR count). The zero-order valence-corrected chi connectivity index (χ0v) is 18.3. The number of likely N-dealkylation sites (tertiary alicyclic amines) is 1. The van der Waals surface area contributed by atoms with Crippen LogP contribution in [0.5, 0.6) is 0 Å². The number of benzene rings is 1. The maximum absolute atomic E-state index is 12.0. The average molecular weight is 447 g/mol. The first-order chi connectivity index (χ1) is 16.2. The van der Waals surface area contributed by atoms with E-state index >= 15 is 0 Å². The standard InChI is InChI=1S/C23H26N8O2/c32-19-14-16(21(33)27-19)13-17-15-25-31-20(17)28-22(24-9-6-12-30-10-4-5-11-30)29-23(31)26-18-7-2-1-3-8-18/h1-3,7-8,13,15H,4-6,9-12,14H2,(H,27,32,33)(H2,24,26,28,29). The molecule has 10 heteroatoms. The minimum atomic E-state index is -0.378. The number of anilines is 3. The number of carbonyl (C=O) groups excluding carboxylic acids is 2. The van der Waals surface area contributed by atoms with Gasteiger partial charge in [-0.2, -0.15) is 19.6 Å². The van der Waals surface area contributed by atoms with Gasteiger partial charge < -0.3 is 15.5 Å². The summed E-state index contributed by atoms with van der Waals surface area (Å²) in [7, 11) is 0. The molecule has 1 aromatic carbocycles. The Labute approximate surface area is 191 Å². The SMILES string of the molecule is O=C1CC(=Cc2cnn3c(Nc4ccccc4)nc(NCCCN4CCCC4)nc23)C(=O)N1. The van der Waals surface area contributed by atoms with Crippen molar-refractivity contribution in [3.05, 3.63) is 47.7 Å². The van der Waals surface area contributed by atoms with Crippen LogP contribution in [0, 0.1) is 0 Å². The molecule has 0 spiro atoms. The summed E-state index contributed by atoms with van der Waals surface area (Å²) in [6, 6.07) is 9.70. The molecule has 2 saturated heterocycles. The van der Waals surface area contributed by atoms with E-state index in [2.05, 4.69) is 35.9 Å². The summed E-state index contributed by atoms with van der Waals surface area (Å²) in [4.78, 5) is 35.4. The maximum atomic E-state index is 12.0.